The van der Waals surface area contributed by atoms with Crippen LogP contribution in [0, 0.1) is 11.8 Å². The van der Waals surface area contributed by atoms with E-state index in [1.807, 2.05) is 0 Å². The summed E-state index contributed by atoms with van der Waals surface area (Å²) >= 11 is 0. The van der Waals surface area contributed by atoms with Crippen molar-refractivity contribution < 1.29 is 28.2 Å². The van der Waals surface area contributed by atoms with E-state index in [1.54, 1.807) is 12.2 Å². The first kappa shape index (κ1) is 15.6. The molecule has 0 spiro atoms. The molecule has 0 fully saturated rings. The Morgan fingerprint density at radius 1 is 1.32 bits per heavy atom. The van der Waals surface area contributed by atoms with Crippen LogP contribution in [0.3, 0.4) is 0 Å². The van der Waals surface area contributed by atoms with Crippen molar-refractivity contribution in [1.82, 2.24) is 5.32 Å². The molecular weight excluding hydrogens is 260 g/mol. The van der Waals surface area contributed by atoms with E-state index in [9.17, 15) is 18.4 Å². The topological polar surface area (TPSA) is 75.6 Å². The van der Waals surface area contributed by atoms with Gasteiger partial charge in [-0.05, 0) is 12.8 Å². The van der Waals surface area contributed by atoms with E-state index in [0.717, 1.165) is 0 Å². The number of carboxylic acid groups (broad SMARTS) is 1. The van der Waals surface area contributed by atoms with Gasteiger partial charge in [0.25, 0.3) is 6.43 Å². The number of alkyl halides is 2. The molecule has 1 amide bonds. The Morgan fingerprint density at radius 3 is 2.53 bits per heavy atom. The predicted molar refractivity (Wildman–Crippen MR) is 62.8 cm³/mol. The second kappa shape index (κ2) is 7.83. The molecule has 2 N–H and O–H groups in total. The number of hydrogen-bond donors (Lipinski definition) is 2. The zero-order valence-corrected chi connectivity index (χ0v) is 10.4. The van der Waals surface area contributed by atoms with Crippen LogP contribution in [-0.4, -0.2) is 43.2 Å². The first-order chi connectivity index (χ1) is 9.02. The molecule has 0 radical (unpaired) electrons. The minimum Gasteiger partial charge on any atom is -0.481 e. The monoisotopic (exact) mass is 277 g/mol. The highest BCUT2D eigenvalue weighted by Crippen LogP contribution is 2.25. The molecule has 0 unspecified atom stereocenters. The van der Waals surface area contributed by atoms with Crippen molar-refractivity contribution in [2.24, 2.45) is 11.8 Å². The zero-order valence-electron chi connectivity index (χ0n) is 10.4. The van der Waals surface area contributed by atoms with Crippen molar-refractivity contribution in [2.45, 2.75) is 19.3 Å². The molecule has 0 aromatic heterocycles. The molecule has 0 aliphatic heterocycles. The minimum atomic E-state index is -2.53. The summed E-state index contributed by atoms with van der Waals surface area (Å²) in [7, 11) is 0. The van der Waals surface area contributed by atoms with Gasteiger partial charge in [-0.25, -0.2) is 8.78 Å². The Hall–Kier alpha value is -1.50. The third kappa shape index (κ3) is 5.34. The molecule has 1 rings (SSSR count). The van der Waals surface area contributed by atoms with Gasteiger partial charge in [0.05, 0.1) is 18.4 Å². The number of ether oxygens (including phenoxy) is 1. The summed E-state index contributed by atoms with van der Waals surface area (Å²) in [6.45, 7) is -0.589. The normalized spacial score (nSPS) is 22.5. The maximum Gasteiger partial charge on any atom is 0.307 e. The van der Waals surface area contributed by atoms with E-state index in [4.69, 9.17) is 5.11 Å². The van der Waals surface area contributed by atoms with Gasteiger partial charge in [-0.2, -0.15) is 0 Å². The number of aliphatic carboxylic acids is 1. The molecule has 0 saturated heterocycles. The van der Waals surface area contributed by atoms with Gasteiger partial charge in [0.1, 0.15) is 6.61 Å². The maximum absolute atomic E-state index is 11.8. The van der Waals surface area contributed by atoms with Crippen LogP contribution in [-0.2, 0) is 14.3 Å². The van der Waals surface area contributed by atoms with Crippen molar-refractivity contribution in [3.05, 3.63) is 12.2 Å². The van der Waals surface area contributed by atoms with E-state index in [2.05, 4.69) is 10.1 Å². The van der Waals surface area contributed by atoms with E-state index < -0.39 is 30.8 Å². The van der Waals surface area contributed by atoms with Gasteiger partial charge < -0.3 is 15.2 Å². The fourth-order valence-corrected chi connectivity index (χ4v) is 1.93. The molecule has 1 aliphatic carbocycles. The number of amides is 1. The number of carbonyl (C=O) groups excluding carboxylic acids is 1. The van der Waals surface area contributed by atoms with Crippen LogP contribution in [0.4, 0.5) is 8.78 Å². The lowest BCUT2D eigenvalue weighted by Gasteiger charge is -2.24. The molecule has 0 heterocycles. The number of allylic oxidation sites excluding steroid dienone is 2. The summed E-state index contributed by atoms with van der Waals surface area (Å²) < 4.78 is 28.1. The molecular formula is C12H17F2NO4. The maximum atomic E-state index is 11.8. The molecule has 7 heteroatoms. The average molecular weight is 277 g/mol. The summed E-state index contributed by atoms with van der Waals surface area (Å²) in [6.07, 6.45) is 1.69. The fraction of sp³-hybridized carbons (Fsp3) is 0.667. The van der Waals surface area contributed by atoms with Gasteiger partial charge in [-0.3, -0.25) is 9.59 Å². The number of carbonyl (C=O) groups is 2. The fourth-order valence-electron chi connectivity index (χ4n) is 1.93. The number of nitrogens with one attached hydrogen (secondary N) is 1. The molecule has 5 nitrogen and oxygen atoms in total. The van der Waals surface area contributed by atoms with E-state index in [-0.39, 0.29) is 19.1 Å². The zero-order chi connectivity index (χ0) is 14.3. The van der Waals surface area contributed by atoms with Crippen LogP contribution >= 0.6 is 0 Å². The van der Waals surface area contributed by atoms with Crippen molar-refractivity contribution >= 4 is 11.9 Å². The molecule has 2 atom stereocenters. The first-order valence-electron chi connectivity index (χ1n) is 6.03. The Morgan fingerprint density at radius 2 is 1.95 bits per heavy atom. The first-order valence-corrected chi connectivity index (χ1v) is 6.03. The molecule has 0 aromatic rings. The standard InChI is InChI=1S/C12H17F2NO4/c13-10(14)7-19-6-5-15-11(16)8-3-1-2-4-9(8)12(17)18/h1-2,8-10H,3-7H2,(H,15,16)(H,17,18)/t8-,9+/m1/s1. The highest BCUT2D eigenvalue weighted by atomic mass is 19.3. The van der Waals surface area contributed by atoms with Crippen molar-refractivity contribution in [3.63, 3.8) is 0 Å². The number of halogens is 2. The van der Waals surface area contributed by atoms with Gasteiger partial charge in [0.15, 0.2) is 0 Å². The van der Waals surface area contributed by atoms with Crippen molar-refractivity contribution in [1.29, 1.82) is 0 Å². The lowest BCUT2D eigenvalue weighted by atomic mass is 9.82. The minimum absolute atomic E-state index is 0.0175. The summed E-state index contributed by atoms with van der Waals surface area (Å²) in [5.41, 5.74) is 0. The quantitative estimate of drug-likeness (QED) is 0.539. The predicted octanol–water partition coefficient (Wildman–Crippen LogP) is 1.05. The number of hydrogen-bond acceptors (Lipinski definition) is 3. The van der Waals surface area contributed by atoms with Crippen LogP contribution < -0.4 is 5.32 Å². The Balaban J connectivity index is 2.31. The third-order valence-electron chi connectivity index (χ3n) is 2.88. The Labute approximate surface area is 109 Å². The molecule has 0 aromatic carbocycles. The Kier molecular flexibility index (Phi) is 6.41. The van der Waals surface area contributed by atoms with Crippen molar-refractivity contribution in [2.75, 3.05) is 19.8 Å². The van der Waals surface area contributed by atoms with Gasteiger partial charge in [0, 0.05) is 6.54 Å². The Bertz CT molecular complexity index is 347. The number of rotatable bonds is 7. The second-order valence-electron chi connectivity index (χ2n) is 4.25. The second-order valence-corrected chi connectivity index (χ2v) is 4.25. The molecule has 0 bridgehead atoms. The molecule has 0 saturated carbocycles. The van der Waals surface area contributed by atoms with Crippen LogP contribution in [0.15, 0.2) is 12.2 Å². The molecule has 1 aliphatic rings. The summed E-state index contributed by atoms with van der Waals surface area (Å²) in [4.78, 5) is 22.8. The SMILES string of the molecule is O=C(O)[C@H]1CC=CC[C@H]1C(=O)NCCOCC(F)F. The summed E-state index contributed by atoms with van der Waals surface area (Å²) in [6, 6.07) is 0. The highest BCUT2D eigenvalue weighted by molar-refractivity contribution is 5.85. The molecule has 108 valence electrons. The highest BCUT2D eigenvalue weighted by Gasteiger charge is 2.33. The van der Waals surface area contributed by atoms with Crippen LogP contribution in [0.25, 0.3) is 0 Å². The largest absolute Gasteiger partial charge is 0.481 e. The number of carboxylic acids is 1. The van der Waals surface area contributed by atoms with Crippen molar-refractivity contribution in [3.8, 4) is 0 Å². The van der Waals surface area contributed by atoms with Crippen LogP contribution in [0.2, 0.25) is 0 Å². The summed E-state index contributed by atoms with van der Waals surface area (Å²) in [5, 5.41) is 11.5. The van der Waals surface area contributed by atoms with Gasteiger partial charge in [-0.15, -0.1) is 0 Å². The average Bonchev–Trinajstić information content (AvgIpc) is 2.37. The van der Waals surface area contributed by atoms with Crippen LogP contribution in [0.5, 0.6) is 0 Å². The van der Waals surface area contributed by atoms with Gasteiger partial charge in [-0.1, -0.05) is 12.2 Å². The lowest BCUT2D eigenvalue weighted by Crippen LogP contribution is -2.40. The molecule has 19 heavy (non-hydrogen) atoms. The summed E-state index contributed by atoms with van der Waals surface area (Å²) in [5.74, 6) is -2.72. The van der Waals surface area contributed by atoms with Gasteiger partial charge >= 0.3 is 5.97 Å². The van der Waals surface area contributed by atoms with Crippen LogP contribution in [0.1, 0.15) is 12.8 Å². The van der Waals surface area contributed by atoms with E-state index in [0.29, 0.717) is 12.8 Å². The smallest absolute Gasteiger partial charge is 0.307 e. The van der Waals surface area contributed by atoms with Gasteiger partial charge in [0.2, 0.25) is 5.91 Å². The van der Waals surface area contributed by atoms with E-state index >= 15 is 0 Å². The van der Waals surface area contributed by atoms with E-state index in [1.165, 1.54) is 0 Å². The lowest BCUT2D eigenvalue weighted by molar-refractivity contribution is -0.147. The third-order valence-corrected chi connectivity index (χ3v) is 2.88.